The normalized spacial score (nSPS) is 24.5. The fraction of sp³-hybridized carbons (Fsp3) is 1.00. The molecule has 2 aliphatic rings. The van der Waals surface area contributed by atoms with Gasteiger partial charge in [0, 0.05) is 0 Å². The lowest BCUT2D eigenvalue weighted by Gasteiger charge is -2.28. The van der Waals surface area contributed by atoms with Gasteiger partial charge in [-0.1, -0.05) is 19.8 Å². The SMILES string of the molecule is CCCCC(O)(C1CC1)C1CC1. The van der Waals surface area contributed by atoms with Crippen molar-refractivity contribution in [3.05, 3.63) is 0 Å². The highest BCUT2D eigenvalue weighted by molar-refractivity contribution is 5.03. The summed E-state index contributed by atoms with van der Waals surface area (Å²) in [5.74, 6) is 1.35. The van der Waals surface area contributed by atoms with Crippen molar-refractivity contribution in [3.8, 4) is 0 Å². The molecule has 0 heterocycles. The van der Waals surface area contributed by atoms with E-state index in [1.807, 2.05) is 0 Å². The Hall–Kier alpha value is -0.0400. The Morgan fingerprint density at radius 1 is 1.17 bits per heavy atom. The molecule has 1 nitrogen and oxygen atoms in total. The van der Waals surface area contributed by atoms with Gasteiger partial charge in [-0.15, -0.1) is 0 Å². The summed E-state index contributed by atoms with van der Waals surface area (Å²) in [4.78, 5) is 0. The van der Waals surface area contributed by atoms with E-state index in [2.05, 4.69) is 6.92 Å². The van der Waals surface area contributed by atoms with E-state index in [4.69, 9.17) is 0 Å². The molecule has 12 heavy (non-hydrogen) atoms. The zero-order valence-electron chi connectivity index (χ0n) is 8.05. The van der Waals surface area contributed by atoms with Gasteiger partial charge in [0.1, 0.15) is 0 Å². The summed E-state index contributed by atoms with van der Waals surface area (Å²) in [6.45, 7) is 2.21. The first-order chi connectivity index (χ1) is 5.77. The van der Waals surface area contributed by atoms with E-state index in [1.54, 1.807) is 0 Å². The molecule has 0 radical (unpaired) electrons. The lowest BCUT2D eigenvalue weighted by molar-refractivity contribution is -0.0148. The maximum absolute atomic E-state index is 10.4. The zero-order valence-corrected chi connectivity index (χ0v) is 8.05. The summed E-state index contributed by atoms with van der Waals surface area (Å²) in [6, 6.07) is 0. The fourth-order valence-electron chi connectivity index (χ4n) is 2.37. The monoisotopic (exact) mass is 168 g/mol. The fourth-order valence-corrected chi connectivity index (χ4v) is 2.37. The van der Waals surface area contributed by atoms with Crippen LogP contribution in [0.2, 0.25) is 0 Å². The third-order valence-corrected chi connectivity index (χ3v) is 3.50. The summed E-state index contributed by atoms with van der Waals surface area (Å²) in [6.07, 6.45) is 8.66. The molecule has 0 spiro atoms. The standard InChI is InChI=1S/C11H20O/c1-2-3-8-11(12,9-4-5-9)10-6-7-10/h9-10,12H,2-8H2,1H3. The first-order valence-corrected chi connectivity index (χ1v) is 5.49. The van der Waals surface area contributed by atoms with Gasteiger partial charge in [0.2, 0.25) is 0 Å². The Kier molecular flexibility index (Phi) is 2.16. The molecule has 2 aliphatic carbocycles. The van der Waals surface area contributed by atoms with Gasteiger partial charge in [-0.3, -0.25) is 0 Å². The Morgan fingerprint density at radius 2 is 1.67 bits per heavy atom. The lowest BCUT2D eigenvalue weighted by atomic mass is 9.86. The van der Waals surface area contributed by atoms with Crippen LogP contribution in [0.3, 0.4) is 0 Å². The van der Waals surface area contributed by atoms with Gasteiger partial charge in [0.25, 0.3) is 0 Å². The van der Waals surface area contributed by atoms with Crippen molar-refractivity contribution in [2.24, 2.45) is 11.8 Å². The van der Waals surface area contributed by atoms with Gasteiger partial charge in [0.05, 0.1) is 5.60 Å². The van der Waals surface area contributed by atoms with Crippen molar-refractivity contribution >= 4 is 0 Å². The topological polar surface area (TPSA) is 20.2 Å². The van der Waals surface area contributed by atoms with Crippen molar-refractivity contribution in [2.45, 2.75) is 57.5 Å². The van der Waals surface area contributed by atoms with E-state index >= 15 is 0 Å². The van der Waals surface area contributed by atoms with Crippen LogP contribution in [-0.4, -0.2) is 10.7 Å². The van der Waals surface area contributed by atoms with E-state index in [9.17, 15) is 5.11 Å². The number of aliphatic hydroxyl groups is 1. The molecule has 0 aliphatic heterocycles. The maximum atomic E-state index is 10.4. The van der Waals surface area contributed by atoms with Crippen LogP contribution in [0, 0.1) is 11.8 Å². The molecule has 0 unspecified atom stereocenters. The van der Waals surface area contributed by atoms with E-state index < -0.39 is 0 Å². The average Bonchev–Trinajstić information content (AvgIpc) is 2.92. The number of hydrogen-bond donors (Lipinski definition) is 1. The highest BCUT2D eigenvalue weighted by Crippen LogP contribution is 2.54. The zero-order chi connectivity index (χ0) is 8.60. The molecule has 2 saturated carbocycles. The maximum Gasteiger partial charge on any atom is 0.0703 e. The van der Waals surface area contributed by atoms with Crippen LogP contribution in [0.1, 0.15) is 51.9 Å². The quantitative estimate of drug-likeness (QED) is 0.669. The van der Waals surface area contributed by atoms with Gasteiger partial charge in [0.15, 0.2) is 0 Å². The number of unbranched alkanes of at least 4 members (excludes halogenated alkanes) is 1. The third kappa shape index (κ3) is 1.52. The third-order valence-electron chi connectivity index (χ3n) is 3.50. The minimum atomic E-state index is -0.226. The summed E-state index contributed by atoms with van der Waals surface area (Å²) in [7, 11) is 0. The predicted octanol–water partition coefficient (Wildman–Crippen LogP) is 2.73. The molecule has 0 amide bonds. The largest absolute Gasteiger partial charge is 0.389 e. The van der Waals surface area contributed by atoms with Gasteiger partial charge in [-0.25, -0.2) is 0 Å². The first-order valence-electron chi connectivity index (χ1n) is 5.49. The van der Waals surface area contributed by atoms with Crippen LogP contribution < -0.4 is 0 Å². The Labute approximate surface area is 75.2 Å². The highest BCUT2D eigenvalue weighted by Gasteiger charge is 2.52. The summed E-state index contributed by atoms with van der Waals surface area (Å²) >= 11 is 0. The smallest absolute Gasteiger partial charge is 0.0703 e. The van der Waals surface area contributed by atoms with Crippen molar-refractivity contribution in [2.75, 3.05) is 0 Å². The van der Waals surface area contributed by atoms with E-state index in [-0.39, 0.29) is 5.60 Å². The average molecular weight is 168 g/mol. The molecule has 0 atom stereocenters. The lowest BCUT2D eigenvalue weighted by Crippen LogP contribution is -2.33. The van der Waals surface area contributed by atoms with Gasteiger partial charge in [-0.2, -0.15) is 0 Å². The predicted molar refractivity (Wildman–Crippen MR) is 49.9 cm³/mol. The molecule has 0 saturated heterocycles. The Bertz CT molecular complexity index is 144. The van der Waals surface area contributed by atoms with Crippen LogP contribution in [-0.2, 0) is 0 Å². The summed E-state index contributed by atoms with van der Waals surface area (Å²) in [5, 5.41) is 10.4. The molecule has 1 heteroatoms. The van der Waals surface area contributed by atoms with E-state index in [1.165, 1.54) is 38.5 Å². The van der Waals surface area contributed by atoms with Crippen LogP contribution in [0.15, 0.2) is 0 Å². The second-order valence-electron chi connectivity index (χ2n) is 4.64. The molecular weight excluding hydrogens is 148 g/mol. The molecule has 0 aromatic rings. The van der Waals surface area contributed by atoms with Crippen molar-refractivity contribution in [1.29, 1.82) is 0 Å². The van der Waals surface area contributed by atoms with E-state index in [0.29, 0.717) is 11.8 Å². The van der Waals surface area contributed by atoms with Crippen LogP contribution in [0.5, 0.6) is 0 Å². The Balaban J connectivity index is 1.90. The van der Waals surface area contributed by atoms with Crippen LogP contribution >= 0.6 is 0 Å². The Morgan fingerprint density at radius 3 is 2.00 bits per heavy atom. The molecule has 2 rings (SSSR count). The van der Waals surface area contributed by atoms with Gasteiger partial charge in [-0.05, 0) is 43.9 Å². The molecule has 2 fully saturated rings. The summed E-state index contributed by atoms with van der Waals surface area (Å²) < 4.78 is 0. The van der Waals surface area contributed by atoms with Gasteiger partial charge < -0.3 is 5.11 Å². The number of hydrogen-bond acceptors (Lipinski definition) is 1. The molecule has 1 N–H and O–H groups in total. The van der Waals surface area contributed by atoms with Crippen molar-refractivity contribution in [1.82, 2.24) is 0 Å². The molecule has 70 valence electrons. The van der Waals surface area contributed by atoms with Crippen LogP contribution in [0.4, 0.5) is 0 Å². The van der Waals surface area contributed by atoms with Gasteiger partial charge >= 0.3 is 0 Å². The first kappa shape index (κ1) is 8.55. The van der Waals surface area contributed by atoms with E-state index in [0.717, 1.165) is 6.42 Å². The van der Waals surface area contributed by atoms with Crippen molar-refractivity contribution in [3.63, 3.8) is 0 Å². The highest BCUT2D eigenvalue weighted by atomic mass is 16.3. The summed E-state index contributed by atoms with van der Waals surface area (Å²) in [5.41, 5.74) is -0.226. The number of rotatable bonds is 5. The second kappa shape index (κ2) is 3.02. The minimum absolute atomic E-state index is 0.226. The minimum Gasteiger partial charge on any atom is -0.389 e. The second-order valence-corrected chi connectivity index (χ2v) is 4.64. The molecule has 0 aromatic heterocycles. The molecule has 0 aromatic carbocycles. The molecular formula is C11H20O. The van der Waals surface area contributed by atoms with Crippen molar-refractivity contribution < 1.29 is 5.11 Å². The molecule has 0 bridgehead atoms. The van der Waals surface area contributed by atoms with Crippen LogP contribution in [0.25, 0.3) is 0 Å².